The van der Waals surface area contributed by atoms with Gasteiger partial charge >= 0.3 is 0 Å². The van der Waals surface area contributed by atoms with Crippen molar-refractivity contribution in [2.24, 2.45) is 0 Å². The minimum atomic E-state index is 0.898. The van der Waals surface area contributed by atoms with Crippen LogP contribution in [0.4, 0.5) is 17.1 Å². The number of furan rings is 1. The van der Waals surface area contributed by atoms with E-state index in [0.29, 0.717) is 0 Å². The number of rotatable bonds is 9. The van der Waals surface area contributed by atoms with Gasteiger partial charge in [-0.05, 0) is 103 Å². The van der Waals surface area contributed by atoms with Gasteiger partial charge in [-0.1, -0.05) is 224 Å². The maximum atomic E-state index is 6.49. The minimum absolute atomic E-state index is 0.898. The van der Waals surface area contributed by atoms with Crippen molar-refractivity contribution in [1.82, 2.24) is 0 Å². The van der Waals surface area contributed by atoms with Gasteiger partial charge in [-0.2, -0.15) is 0 Å². The quantitative estimate of drug-likeness (QED) is 0.144. The first kappa shape index (κ1) is 38.9. The van der Waals surface area contributed by atoms with Gasteiger partial charge in [0.05, 0.1) is 5.69 Å². The predicted octanol–water partition coefficient (Wildman–Crippen LogP) is 18.2. The summed E-state index contributed by atoms with van der Waals surface area (Å²) in [6.45, 7) is 0. The van der Waals surface area contributed by atoms with Crippen LogP contribution in [0, 0.1) is 0 Å². The third-order valence-corrected chi connectivity index (χ3v) is 12.9. The van der Waals surface area contributed by atoms with E-state index < -0.39 is 0 Å². The second kappa shape index (κ2) is 16.8. The number of benzene rings is 11. The Kier molecular flexibility index (Phi) is 9.89. The van der Waals surface area contributed by atoms with Crippen molar-refractivity contribution in [3.05, 3.63) is 261 Å². The molecule has 0 unspecified atom stereocenters. The summed E-state index contributed by atoms with van der Waals surface area (Å²) in [4.78, 5) is 2.40. The van der Waals surface area contributed by atoms with E-state index >= 15 is 0 Å². The average Bonchev–Trinajstić information content (AvgIpc) is 3.79. The van der Waals surface area contributed by atoms with Crippen LogP contribution in [-0.4, -0.2) is 0 Å². The molecule has 1 heterocycles. The molecule has 0 saturated heterocycles. The highest BCUT2D eigenvalue weighted by molar-refractivity contribution is 6.10. The smallest absolute Gasteiger partial charge is 0.143 e. The third-order valence-electron chi connectivity index (χ3n) is 12.9. The lowest BCUT2D eigenvalue weighted by molar-refractivity contribution is 0.670. The van der Waals surface area contributed by atoms with Crippen LogP contribution >= 0.6 is 0 Å². The molecular formula is C64H43NO. The SMILES string of the molecule is c1ccc(-c2ccc(N(c3ccc(-c4cccc5c4oc4ccccc45)cc3)c3ccccc3-c3ccccc3-c3ccccc3-c3ccccc3-c3cccc4ccccc34)cc2)cc1. The first-order valence-electron chi connectivity index (χ1n) is 22.6. The van der Waals surface area contributed by atoms with Crippen molar-refractivity contribution in [1.29, 1.82) is 0 Å². The molecule has 66 heavy (non-hydrogen) atoms. The molecule has 0 bridgehead atoms. The lowest BCUT2D eigenvalue weighted by atomic mass is 9.85. The van der Waals surface area contributed by atoms with E-state index in [9.17, 15) is 0 Å². The largest absolute Gasteiger partial charge is 0.455 e. The Balaban J connectivity index is 1.00. The van der Waals surface area contributed by atoms with Crippen LogP contribution in [0.25, 0.3) is 99.5 Å². The van der Waals surface area contributed by atoms with Gasteiger partial charge in [0.1, 0.15) is 11.2 Å². The molecule has 0 amide bonds. The molecule has 1 aromatic heterocycles. The normalized spacial score (nSPS) is 11.3. The van der Waals surface area contributed by atoms with E-state index in [0.717, 1.165) is 61.3 Å². The van der Waals surface area contributed by atoms with E-state index in [4.69, 9.17) is 4.42 Å². The van der Waals surface area contributed by atoms with Gasteiger partial charge in [-0.3, -0.25) is 0 Å². The van der Waals surface area contributed by atoms with Crippen molar-refractivity contribution < 1.29 is 4.42 Å². The van der Waals surface area contributed by atoms with Crippen LogP contribution in [0.3, 0.4) is 0 Å². The molecule has 2 nitrogen and oxygen atoms in total. The van der Waals surface area contributed by atoms with Gasteiger partial charge in [0.15, 0.2) is 0 Å². The number of para-hydroxylation sites is 3. The van der Waals surface area contributed by atoms with Crippen LogP contribution < -0.4 is 4.90 Å². The monoisotopic (exact) mass is 841 g/mol. The van der Waals surface area contributed by atoms with Crippen LogP contribution in [0.5, 0.6) is 0 Å². The Morgan fingerprint density at radius 3 is 1.30 bits per heavy atom. The van der Waals surface area contributed by atoms with E-state index in [1.165, 1.54) is 55.3 Å². The Hall–Kier alpha value is -8.72. The highest BCUT2D eigenvalue weighted by atomic mass is 16.3. The van der Waals surface area contributed by atoms with E-state index in [-0.39, 0.29) is 0 Å². The summed E-state index contributed by atoms with van der Waals surface area (Å²) in [6, 6.07) is 93.9. The van der Waals surface area contributed by atoms with E-state index in [1.54, 1.807) is 0 Å². The van der Waals surface area contributed by atoms with Crippen molar-refractivity contribution in [2.45, 2.75) is 0 Å². The van der Waals surface area contributed by atoms with E-state index in [1.807, 2.05) is 12.1 Å². The molecule has 0 spiro atoms. The highest BCUT2D eigenvalue weighted by Gasteiger charge is 2.22. The Morgan fingerprint density at radius 2 is 0.652 bits per heavy atom. The molecule has 11 aromatic carbocycles. The molecule has 0 radical (unpaired) electrons. The highest BCUT2D eigenvalue weighted by Crippen LogP contribution is 2.47. The fraction of sp³-hybridized carbons (Fsp3) is 0. The first-order chi connectivity index (χ1) is 32.8. The van der Waals surface area contributed by atoms with Crippen molar-refractivity contribution in [3.63, 3.8) is 0 Å². The molecule has 0 saturated carbocycles. The fourth-order valence-electron chi connectivity index (χ4n) is 9.84. The van der Waals surface area contributed by atoms with Gasteiger partial charge in [0, 0.05) is 33.3 Å². The molecule has 12 rings (SSSR count). The number of hydrogen-bond donors (Lipinski definition) is 0. The Bertz CT molecular complexity index is 3690. The summed E-state index contributed by atoms with van der Waals surface area (Å²) in [7, 11) is 0. The van der Waals surface area contributed by atoms with Crippen LogP contribution in [0.15, 0.2) is 265 Å². The molecule has 0 fully saturated rings. The second-order valence-electron chi connectivity index (χ2n) is 16.8. The van der Waals surface area contributed by atoms with Gasteiger partial charge in [0.25, 0.3) is 0 Å². The topological polar surface area (TPSA) is 16.4 Å². The lowest BCUT2D eigenvalue weighted by Crippen LogP contribution is -2.11. The zero-order valence-electron chi connectivity index (χ0n) is 36.2. The maximum Gasteiger partial charge on any atom is 0.143 e. The van der Waals surface area contributed by atoms with Crippen molar-refractivity contribution in [2.75, 3.05) is 4.90 Å². The summed E-state index contributed by atoms with van der Waals surface area (Å²) in [6.07, 6.45) is 0. The van der Waals surface area contributed by atoms with Crippen molar-refractivity contribution >= 4 is 49.8 Å². The number of hydrogen-bond acceptors (Lipinski definition) is 2. The lowest BCUT2D eigenvalue weighted by Gasteiger charge is -2.29. The zero-order chi connectivity index (χ0) is 43.8. The first-order valence-corrected chi connectivity index (χ1v) is 22.6. The summed E-state index contributed by atoms with van der Waals surface area (Å²) in [5.41, 5.74) is 19.0. The molecule has 0 atom stereocenters. The maximum absolute atomic E-state index is 6.49. The van der Waals surface area contributed by atoms with Gasteiger partial charge in [0.2, 0.25) is 0 Å². The summed E-state index contributed by atoms with van der Waals surface area (Å²) >= 11 is 0. The molecule has 0 aliphatic heterocycles. The Labute approximate surface area is 384 Å². The zero-order valence-corrected chi connectivity index (χ0v) is 36.2. The third kappa shape index (κ3) is 6.93. The molecule has 0 N–H and O–H groups in total. The summed E-state index contributed by atoms with van der Waals surface area (Å²) in [5, 5.41) is 4.73. The Morgan fingerprint density at radius 1 is 0.242 bits per heavy atom. The molecule has 0 aliphatic carbocycles. The van der Waals surface area contributed by atoms with Crippen LogP contribution in [0.1, 0.15) is 0 Å². The standard InChI is InChI=1S/C64H43NO/c1-2-18-44(19-3-1)45-36-40-48(41-37-45)65(49-42-38-47(39-43-49)51-31-17-33-61-60-30-13-15-35-63(60)66-64(51)61)62-34-14-12-29-59(62)58-28-11-10-27-57(58)56-26-9-8-25-55(56)54-24-7-6-23-53(54)52-32-16-21-46-20-4-5-22-50(46)52/h1-43H. The minimum Gasteiger partial charge on any atom is -0.455 e. The number of fused-ring (bicyclic) bond motifs is 4. The fourth-order valence-corrected chi connectivity index (χ4v) is 9.84. The molecule has 310 valence electrons. The molecule has 0 aliphatic rings. The molecule has 2 heteroatoms. The molecule has 12 aromatic rings. The van der Waals surface area contributed by atoms with Gasteiger partial charge in [-0.25, -0.2) is 0 Å². The summed E-state index contributed by atoms with van der Waals surface area (Å²) in [5.74, 6) is 0. The number of nitrogens with zero attached hydrogens (tertiary/aromatic N) is 1. The predicted molar refractivity (Wildman–Crippen MR) is 279 cm³/mol. The van der Waals surface area contributed by atoms with Crippen LogP contribution in [0.2, 0.25) is 0 Å². The summed E-state index contributed by atoms with van der Waals surface area (Å²) < 4.78 is 6.49. The number of anilines is 3. The average molecular weight is 842 g/mol. The van der Waals surface area contributed by atoms with E-state index in [2.05, 4.69) is 254 Å². The van der Waals surface area contributed by atoms with Gasteiger partial charge in [-0.15, -0.1) is 0 Å². The van der Waals surface area contributed by atoms with Crippen LogP contribution in [-0.2, 0) is 0 Å². The second-order valence-corrected chi connectivity index (χ2v) is 16.8. The van der Waals surface area contributed by atoms with Gasteiger partial charge < -0.3 is 9.32 Å². The van der Waals surface area contributed by atoms with Crippen molar-refractivity contribution in [3.8, 4) is 66.8 Å². The molecular weight excluding hydrogens is 799 g/mol.